The number of nitrogens with zero attached hydrogens (tertiary/aromatic N) is 3. The first-order valence-electron chi connectivity index (χ1n) is 8.31. The second kappa shape index (κ2) is 6.95. The van der Waals surface area contributed by atoms with E-state index >= 15 is 0 Å². The summed E-state index contributed by atoms with van der Waals surface area (Å²) in [4.78, 5) is 15.6. The van der Waals surface area contributed by atoms with Crippen LogP contribution in [0.5, 0.6) is 0 Å². The number of carbonyl (C=O) groups is 1. The average Bonchev–Trinajstić information content (AvgIpc) is 3.27. The van der Waals surface area contributed by atoms with Gasteiger partial charge in [-0.1, -0.05) is 11.3 Å². The minimum atomic E-state index is -0.0646. The van der Waals surface area contributed by atoms with Gasteiger partial charge >= 0.3 is 0 Å². The minimum absolute atomic E-state index is 0.0406. The van der Waals surface area contributed by atoms with Gasteiger partial charge in [-0.25, -0.2) is 0 Å². The molecule has 0 bridgehead atoms. The van der Waals surface area contributed by atoms with Gasteiger partial charge in [0.05, 0.1) is 5.38 Å². The Labute approximate surface area is 154 Å². The number of Topliss-reactive ketones (excluding diaryl/α,β-unsaturated/α-hetero) is 1. The third-order valence-electron chi connectivity index (χ3n) is 4.83. The van der Waals surface area contributed by atoms with Crippen molar-refractivity contribution in [1.82, 2.24) is 26.0 Å². The van der Waals surface area contributed by atoms with Gasteiger partial charge in [-0.15, -0.1) is 21.8 Å². The maximum absolute atomic E-state index is 11.5. The van der Waals surface area contributed by atoms with Gasteiger partial charge in [-0.3, -0.25) is 20.6 Å². The van der Waals surface area contributed by atoms with Crippen molar-refractivity contribution in [1.29, 1.82) is 0 Å². The van der Waals surface area contributed by atoms with Gasteiger partial charge in [0.2, 0.25) is 5.13 Å². The number of aromatic nitrogens is 3. The van der Waals surface area contributed by atoms with Gasteiger partial charge in [-0.05, 0) is 25.0 Å². The number of carbonyl (C=O) groups excluding carboxylic acids is 1. The molecule has 0 amide bonds. The molecule has 7 nitrogen and oxygen atoms in total. The van der Waals surface area contributed by atoms with E-state index in [1.165, 1.54) is 18.3 Å². The van der Waals surface area contributed by atoms with Crippen LogP contribution in [0.15, 0.2) is 18.3 Å². The second-order valence-corrected chi connectivity index (χ2v) is 7.95. The highest BCUT2D eigenvalue weighted by atomic mass is 35.5. The lowest BCUT2D eigenvalue weighted by Crippen LogP contribution is -2.47. The molecular formula is C16H19ClN6OS. The Bertz CT molecular complexity index is 783. The highest BCUT2D eigenvalue weighted by Crippen LogP contribution is 2.34. The third kappa shape index (κ3) is 3.39. The van der Waals surface area contributed by atoms with Crippen LogP contribution in [0.2, 0.25) is 0 Å². The first-order valence-corrected chi connectivity index (χ1v) is 9.57. The summed E-state index contributed by atoms with van der Waals surface area (Å²) in [6.45, 7) is 2.39. The molecule has 3 heterocycles. The van der Waals surface area contributed by atoms with Crippen LogP contribution in [0.25, 0.3) is 10.6 Å². The zero-order chi connectivity index (χ0) is 17.4. The van der Waals surface area contributed by atoms with E-state index in [2.05, 4.69) is 31.3 Å². The van der Waals surface area contributed by atoms with Crippen molar-refractivity contribution >= 4 is 33.9 Å². The Morgan fingerprint density at radius 1 is 1.40 bits per heavy atom. The summed E-state index contributed by atoms with van der Waals surface area (Å²) < 4.78 is 0. The number of nitrogens with one attached hydrogen (secondary N) is 3. The summed E-state index contributed by atoms with van der Waals surface area (Å²) in [5, 5.41) is 13.5. The molecule has 0 radical (unpaired) electrons. The van der Waals surface area contributed by atoms with E-state index in [0.29, 0.717) is 17.7 Å². The van der Waals surface area contributed by atoms with Gasteiger partial charge in [0.15, 0.2) is 5.78 Å². The lowest BCUT2D eigenvalue weighted by molar-refractivity contribution is 0.101. The molecule has 3 N–H and O–H groups in total. The number of ketones is 1. The maximum atomic E-state index is 11.5. The van der Waals surface area contributed by atoms with E-state index in [-0.39, 0.29) is 17.2 Å². The Morgan fingerprint density at radius 2 is 2.28 bits per heavy atom. The number of anilines is 1. The number of pyridine rings is 1. The maximum Gasteiger partial charge on any atom is 0.206 e. The lowest BCUT2D eigenvalue weighted by atomic mass is 9.82. The monoisotopic (exact) mass is 378 g/mol. The van der Waals surface area contributed by atoms with Crippen LogP contribution >= 0.6 is 22.9 Å². The lowest BCUT2D eigenvalue weighted by Gasteiger charge is -2.35. The normalized spacial score (nSPS) is 28.6. The number of hydrogen-bond donors (Lipinski definition) is 3. The fourth-order valence-electron chi connectivity index (χ4n) is 3.46. The van der Waals surface area contributed by atoms with Crippen LogP contribution < -0.4 is 16.2 Å². The summed E-state index contributed by atoms with van der Waals surface area (Å²) >= 11 is 8.15. The van der Waals surface area contributed by atoms with Crippen molar-refractivity contribution in [3.63, 3.8) is 0 Å². The SMILES string of the molecule is CC(=O)c1cc(-c2nnc(NC3CCC4NNCC4C3Cl)s2)ccn1. The summed E-state index contributed by atoms with van der Waals surface area (Å²) in [6, 6.07) is 4.21. The number of alkyl halides is 1. The highest BCUT2D eigenvalue weighted by Gasteiger charge is 2.41. The molecule has 2 aromatic rings. The largest absolute Gasteiger partial charge is 0.356 e. The molecule has 2 aromatic heterocycles. The van der Waals surface area contributed by atoms with Crippen molar-refractivity contribution in [2.75, 3.05) is 11.9 Å². The summed E-state index contributed by atoms with van der Waals surface area (Å²) in [5.41, 5.74) is 7.77. The van der Waals surface area contributed by atoms with Crippen LogP contribution in [-0.2, 0) is 0 Å². The van der Waals surface area contributed by atoms with Crippen molar-refractivity contribution < 1.29 is 4.79 Å². The summed E-state index contributed by atoms with van der Waals surface area (Å²) in [7, 11) is 0. The van der Waals surface area contributed by atoms with Crippen molar-refractivity contribution in [2.45, 2.75) is 37.2 Å². The first kappa shape index (κ1) is 16.8. The average molecular weight is 379 g/mol. The van der Waals surface area contributed by atoms with E-state index < -0.39 is 0 Å². The number of hydrazine groups is 1. The van der Waals surface area contributed by atoms with Crippen LogP contribution in [-0.4, -0.2) is 45.0 Å². The predicted octanol–water partition coefficient (Wildman–Crippen LogP) is 2.08. The fourth-order valence-corrected chi connectivity index (χ4v) is 4.71. The van der Waals surface area contributed by atoms with Gasteiger partial charge in [0.25, 0.3) is 0 Å². The standard InChI is InChI=1S/C16H19ClN6OS/c1-8(24)13-6-9(4-5-18-13)15-22-23-16(25-15)20-12-3-2-11-10(14(12)17)7-19-21-11/h4-6,10-12,14,19,21H,2-3,7H2,1H3,(H,20,23). The molecule has 132 valence electrons. The molecule has 9 heteroatoms. The molecule has 0 spiro atoms. The van der Waals surface area contributed by atoms with E-state index in [1.807, 2.05) is 6.07 Å². The Balaban J connectivity index is 1.48. The van der Waals surface area contributed by atoms with E-state index in [1.54, 1.807) is 12.3 Å². The number of fused-ring (bicyclic) bond motifs is 1. The second-order valence-electron chi connectivity index (χ2n) is 6.47. The smallest absolute Gasteiger partial charge is 0.206 e. The van der Waals surface area contributed by atoms with Crippen molar-refractivity contribution in [3.8, 4) is 10.6 Å². The zero-order valence-electron chi connectivity index (χ0n) is 13.7. The Hall–Kier alpha value is -1.61. The van der Waals surface area contributed by atoms with Crippen LogP contribution in [0.1, 0.15) is 30.3 Å². The van der Waals surface area contributed by atoms with Gasteiger partial charge in [0.1, 0.15) is 10.7 Å². The Kier molecular flexibility index (Phi) is 4.68. The van der Waals surface area contributed by atoms with Crippen molar-refractivity contribution in [3.05, 3.63) is 24.0 Å². The van der Waals surface area contributed by atoms with Crippen molar-refractivity contribution in [2.24, 2.45) is 5.92 Å². The number of halogens is 1. The fraction of sp³-hybridized carbons (Fsp3) is 0.500. The molecule has 1 aliphatic carbocycles. The molecule has 2 fully saturated rings. The molecule has 2 aliphatic rings. The van der Waals surface area contributed by atoms with E-state index in [9.17, 15) is 4.79 Å². The summed E-state index contributed by atoms with van der Waals surface area (Å²) in [6.07, 6.45) is 3.69. The predicted molar refractivity (Wildman–Crippen MR) is 97.8 cm³/mol. The Morgan fingerprint density at radius 3 is 3.12 bits per heavy atom. The quantitative estimate of drug-likeness (QED) is 0.554. The molecule has 1 saturated carbocycles. The van der Waals surface area contributed by atoms with Gasteiger partial charge in [0, 0.05) is 43.2 Å². The number of rotatable bonds is 4. The van der Waals surface area contributed by atoms with E-state index in [4.69, 9.17) is 11.6 Å². The molecule has 0 aromatic carbocycles. The molecule has 1 saturated heterocycles. The topological polar surface area (TPSA) is 91.8 Å². The van der Waals surface area contributed by atoms with Crippen LogP contribution in [0, 0.1) is 5.92 Å². The molecule has 4 atom stereocenters. The molecule has 4 rings (SSSR count). The molecule has 25 heavy (non-hydrogen) atoms. The molecule has 4 unspecified atom stereocenters. The highest BCUT2D eigenvalue weighted by molar-refractivity contribution is 7.18. The van der Waals surface area contributed by atoms with Gasteiger partial charge < -0.3 is 5.32 Å². The number of hydrogen-bond acceptors (Lipinski definition) is 8. The zero-order valence-corrected chi connectivity index (χ0v) is 15.3. The molecule has 1 aliphatic heterocycles. The van der Waals surface area contributed by atoms with Gasteiger partial charge in [-0.2, -0.15) is 0 Å². The van der Waals surface area contributed by atoms with Crippen LogP contribution in [0.3, 0.4) is 0 Å². The van der Waals surface area contributed by atoms with Crippen LogP contribution in [0.4, 0.5) is 5.13 Å². The molecular weight excluding hydrogens is 360 g/mol. The minimum Gasteiger partial charge on any atom is -0.356 e. The first-order chi connectivity index (χ1) is 12.1. The summed E-state index contributed by atoms with van der Waals surface area (Å²) in [5.74, 6) is 0.351. The third-order valence-corrected chi connectivity index (χ3v) is 6.36. The van der Waals surface area contributed by atoms with E-state index in [0.717, 1.165) is 35.1 Å².